The number of nitrogen functional groups attached to an aromatic ring is 1. The lowest BCUT2D eigenvalue weighted by Crippen LogP contribution is -2.35. The van der Waals surface area contributed by atoms with Gasteiger partial charge < -0.3 is 11.1 Å². The quantitative estimate of drug-likeness (QED) is 0.780. The highest BCUT2D eigenvalue weighted by Crippen LogP contribution is 2.23. The van der Waals surface area contributed by atoms with Gasteiger partial charge in [-0.15, -0.1) is 0 Å². The number of aryl methyl sites for hydroxylation is 1. The number of nitrogens with one attached hydrogen (secondary N) is 1. The summed E-state index contributed by atoms with van der Waals surface area (Å²) in [6.45, 7) is 1.55. The molecular formula is C15H17BrN4O3S. The molecule has 1 aromatic carbocycles. The Bertz CT molecular complexity index is 871. The zero-order valence-electron chi connectivity index (χ0n) is 13.2. The Morgan fingerprint density at radius 2 is 2.08 bits per heavy atom. The number of hydrogen-bond acceptors (Lipinski definition) is 5. The second kappa shape index (κ2) is 7.29. The third-order valence-electron chi connectivity index (χ3n) is 3.20. The average molecular weight is 413 g/mol. The Kier molecular flexibility index (Phi) is 5.58. The minimum Gasteiger partial charge on any atom is -0.383 e. The number of aromatic nitrogens is 1. The number of carbonyl (C=O) groups excluding carboxylic acids is 1. The van der Waals surface area contributed by atoms with Gasteiger partial charge in [-0.3, -0.25) is 4.79 Å². The molecule has 0 bridgehead atoms. The van der Waals surface area contributed by atoms with E-state index in [4.69, 9.17) is 5.73 Å². The third kappa shape index (κ3) is 4.31. The molecule has 0 spiro atoms. The number of carbonyl (C=O) groups is 1. The largest absolute Gasteiger partial charge is 0.383 e. The summed E-state index contributed by atoms with van der Waals surface area (Å²) in [4.78, 5) is 15.7. The minimum absolute atomic E-state index is 0.121. The maximum atomic E-state index is 12.6. The van der Waals surface area contributed by atoms with E-state index in [-0.39, 0.29) is 17.3 Å². The van der Waals surface area contributed by atoms with Crippen LogP contribution in [-0.4, -0.2) is 37.2 Å². The van der Waals surface area contributed by atoms with E-state index in [2.05, 4.69) is 26.2 Å². The number of rotatable bonds is 5. The zero-order valence-corrected chi connectivity index (χ0v) is 15.6. The predicted molar refractivity (Wildman–Crippen MR) is 96.0 cm³/mol. The van der Waals surface area contributed by atoms with E-state index in [1.165, 1.54) is 19.3 Å². The number of sulfonamides is 1. The Morgan fingerprint density at radius 1 is 1.38 bits per heavy atom. The first-order valence-corrected chi connectivity index (χ1v) is 9.17. The van der Waals surface area contributed by atoms with Crippen molar-refractivity contribution in [2.45, 2.75) is 11.8 Å². The maximum Gasteiger partial charge on any atom is 0.246 e. The van der Waals surface area contributed by atoms with Crippen LogP contribution in [0.25, 0.3) is 0 Å². The van der Waals surface area contributed by atoms with Gasteiger partial charge in [-0.25, -0.2) is 13.4 Å². The number of nitrogens with two attached hydrogens (primary N) is 1. The summed E-state index contributed by atoms with van der Waals surface area (Å²) in [5, 5.41) is 2.66. The fraction of sp³-hybridized carbons (Fsp3) is 0.200. The minimum atomic E-state index is -3.93. The zero-order chi connectivity index (χ0) is 17.9. The van der Waals surface area contributed by atoms with Crippen LogP contribution >= 0.6 is 15.9 Å². The van der Waals surface area contributed by atoms with Crippen molar-refractivity contribution in [2.24, 2.45) is 0 Å². The lowest BCUT2D eigenvalue weighted by molar-refractivity contribution is -0.116. The van der Waals surface area contributed by atoms with Crippen molar-refractivity contribution in [3.63, 3.8) is 0 Å². The van der Waals surface area contributed by atoms with E-state index in [1.807, 2.05) is 13.0 Å². The molecule has 1 aromatic heterocycles. The van der Waals surface area contributed by atoms with E-state index in [1.54, 1.807) is 18.2 Å². The van der Waals surface area contributed by atoms with E-state index < -0.39 is 15.9 Å². The molecule has 0 aliphatic heterocycles. The lowest BCUT2D eigenvalue weighted by Gasteiger charge is -2.18. The smallest absolute Gasteiger partial charge is 0.246 e. The van der Waals surface area contributed by atoms with Crippen molar-refractivity contribution in [1.82, 2.24) is 9.29 Å². The highest BCUT2D eigenvalue weighted by atomic mass is 79.9. The molecule has 2 rings (SSSR count). The van der Waals surface area contributed by atoms with Gasteiger partial charge in [-0.1, -0.05) is 12.1 Å². The molecule has 0 saturated carbocycles. The Hall–Kier alpha value is -1.97. The monoisotopic (exact) mass is 412 g/mol. The van der Waals surface area contributed by atoms with Crippen molar-refractivity contribution >= 4 is 43.4 Å². The molecule has 0 fully saturated rings. The van der Waals surface area contributed by atoms with E-state index >= 15 is 0 Å². The number of hydrogen-bond donors (Lipinski definition) is 2. The highest BCUT2D eigenvalue weighted by molar-refractivity contribution is 9.10. The number of nitrogens with zero attached hydrogens (tertiary/aromatic N) is 2. The van der Waals surface area contributed by atoms with Gasteiger partial charge in [0.15, 0.2) is 0 Å². The van der Waals surface area contributed by atoms with Crippen LogP contribution in [0.2, 0.25) is 0 Å². The van der Waals surface area contributed by atoms with Gasteiger partial charge >= 0.3 is 0 Å². The van der Waals surface area contributed by atoms with Gasteiger partial charge in [0.25, 0.3) is 0 Å². The van der Waals surface area contributed by atoms with Crippen LogP contribution in [0.3, 0.4) is 0 Å². The first-order valence-electron chi connectivity index (χ1n) is 6.94. The molecule has 1 amide bonds. The van der Waals surface area contributed by atoms with Crippen LogP contribution in [0, 0.1) is 6.92 Å². The molecule has 0 atom stereocenters. The molecule has 128 valence electrons. The Morgan fingerprint density at radius 3 is 2.75 bits per heavy atom. The average Bonchev–Trinajstić information content (AvgIpc) is 2.49. The van der Waals surface area contributed by atoms with Crippen molar-refractivity contribution < 1.29 is 13.2 Å². The number of benzene rings is 1. The summed E-state index contributed by atoms with van der Waals surface area (Å²) >= 11 is 3.16. The fourth-order valence-corrected chi connectivity index (χ4v) is 3.72. The van der Waals surface area contributed by atoms with Gasteiger partial charge in [-0.05, 0) is 46.6 Å². The first kappa shape index (κ1) is 18.4. The molecule has 0 radical (unpaired) electrons. The highest BCUT2D eigenvalue weighted by Gasteiger charge is 2.26. The fourth-order valence-electron chi connectivity index (χ4n) is 2.02. The molecule has 9 heteroatoms. The topological polar surface area (TPSA) is 105 Å². The number of likely N-dealkylation sites (N-methyl/N-ethyl adjacent to an activating group) is 1. The van der Waals surface area contributed by atoms with Crippen LogP contribution in [0.15, 0.2) is 45.9 Å². The number of pyridine rings is 1. The van der Waals surface area contributed by atoms with E-state index in [9.17, 15) is 13.2 Å². The van der Waals surface area contributed by atoms with Crippen molar-refractivity contribution in [1.29, 1.82) is 0 Å². The van der Waals surface area contributed by atoms with Gasteiger partial charge in [0.05, 0.1) is 6.54 Å². The summed E-state index contributed by atoms with van der Waals surface area (Å²) < 4.78 is 26.5. The number of anilines is 2. The summed E-state index contributed by atoms with van der Waals surface area (Å²) in [5.41, 5.74) is 7.24. The van der Waals surface area contributed by atoms with Crippen LogP contribution in [0.5, 0.6) is 0 Å². The van der Waals surface area contributed by atoms with E-state index in [0.717, 1.165) is 9.87 Å². The lowest BCUT2D eigenvalue weighted by atomic mass is 10.2. The number of amides is 1. The van der Waals surface area contributed by atoms with Crippen LogP contribution in [0.4, 0.5) is 11.5 Å². The van der Waals surface area contributed by atoms with Gasteiger partial charge in [0, 0.05) is 23.4 Å². The van der Waals surface area contributed by atoms with Gasteiger partial charge in [0.1, 0.15) is 10.7 Å². The second-order valence-corrected chi connectivity index (χ2v) is 8.14. The normalized spacial score (nSPS) is 11.5. The Balaban J connectivity index is 2.14. The molecule has 2 aromatic rings. The number of halogens is 1. The standard InChI is InChI=1S/C15H17BrN4O3S/c1-10-4-3-5-12(6-10)19-14(21)9-20(2)24(22,23)13-7-11(16)8-18-15(13)17/h3-8H,9H2,1-2H3,(H2,17,18)(H,19,21). The third-order valence-corrected chi connectivity index (χ3v) is 5.47. The maximum absolute atomic E-state index is 12.6. The SMILES string of the molecule is Cc1cccc(NC(=O)CN(C)S(=O)(=O)c2cc(Br)cnc2N)c1. The second-order valence-electron chi connectivity index (χ2n) is 5.22. The molecule has 7 nitrogen and oxygen atoms in total. The molecule has 1 heterocycles. The summed E-state index contributed by atoms with van der Waals surface area (Å²) in [6, 6.07) is 8.58. The Labute approximate surface area is 149 Å². The molecule has 0 unspecified atom stereocenters. The van der Waals surface area contributed by atoms with Crippen molar-refractivity contribution in [2.75, 3.05) is 24.6 Å². The molecule has 0 aliphatic rings. The summed E-state index contributed by atoms with van der Waals surface area (Å²) in [5.74, 6) is -0.572. The van der Waals surface area contributed by atoms with Crippen molar-refractivity contribution in [3.8, 4) is 0 Å². The summed E-state index contributed by atoms with van der Waals surface area (Å²) in [7, 11) is -2.62. The van der Waals surface area contributed by atoms with Crippen LogP contribution < -0.4 is 11.1 Å². The molecule has 0 aliphatic carbocycles. The molecule has 0 saturated heterocycles. The van der Waals surface area contributed by atoms with Gasteiger partial charge in [-0.2, -0.15) is 4.31 Å². The molecular weight excluding hydrogens is 396 g/mol. The first-order chi connectivity index (χ1) is 11.2. The van der Waals surface area contributed by atoms with Gasteiger partial charge in [0.2, 0.25) is 15.9 Å². The van der Waals surface area contributed by atoms with Crippen LogP contribution in [-0.2, 0) is 14.8 Å². The van der Waals surface area contributed by atoms with Crippen LogP contribution in [0.1, 0.15) is 5.56 Å². The molecule has 3 N–H and O–H groups in total. The van der Waals surface area contributed by atoms with Crippen molar-refractivity contribution in [3.05, 3.63) is 46.6 Å². The molecule has 24 heavy (non-hydrogen) atoms. The summed E-state index contributed by atoms with van der Waals surface area (Å²) in [6.07, 6.45) is 1.40. The predicted octanol–water partition coefficient (Wildman–Crippen LogP) is 1.99. The van der Waals surface area contributed by atoms with E-state index in [0.29, 0.717) is 10.2 Å².